The number of anilines is 1. The Morgan fingerprint density at radius 1 is 1.40 bits per heavy atom. The molecule has 2 rings (SSSR count). The van der Waals surface area contributed by atoms with Crippen molar-refractivity contribution in [3.63, 3.8) is 0 Å². The maximum absolute atomic E-state index is 12.6. The maximum Gasteiger partial charge on any atom is 0.417 e. The molecule has 5 nitrogen and oxygen atoms in total. The zero-order valence-corrected chi connectivity index (χ0v) is 10.5. The molecule has 8 heteroatoms. The largest absolute Gasteiger partial charge is 0.417 e. The first-order chi connectivity index (χ1) is 9.32. The Morgan fingerprint density at radius 2 is 2.05 bits per heavy atom. The van der Waals surface area contributed by atoms with E-state index in [2.05, 4.69) is 10.3 Å². The number of alkyl halides is 3. The molecule has 0 atom stereocenters. The molecule has 2 heterocycles. The van der Waals surface area contributed by atoms with Crippen molar-refractivity contribution >= 4 is 11.7 Å². The monoisotopic (exact) mass is 289 g/mol. The number of nitrogens with zero attached hydrogens (tertiary/aromatic N) is 2. The lowest BCUT2D eigenvalue weighted by molar-refractivity contribution is -0.271. The molecule has 0 aliphatic carbocycles. The molecule has 0 bridgehead atoms. The van der Waals surface area contributed by atoms with Gasteiger partial charge in [0, 0.05) is 32.1 Å². The quantitative estimate of drug-likeness (QED) is 0.831. The third-order valence-corrected chi connectivity index (χ3v) is 3.32. The van der Waals surface area contributed by atoms with Crippen LogP contribution in [0.1, 0.15) is 12.8 Å². The zero-order valence-electron chi connectivity index (χ0n) is 10.5. The minimum atomic E-state index is -4.67. The molecule has 2 N–H and O–H groups in total. The number of likely N-dealkylation sites (tertiary alicyclic amines) is 1. The van der Waals surface area contributed by atoms with Gasteiger partial charge in [-0.05, 0) is 12.1 Å². The molecule has 1 aliphatic rings. The third kappa shape index (κ3) is 3.01. The molecule has 0 spiro atoms. The van der Waals surface area contributed by atoms with E-state index in [-0.39, 0.29) is 13.1 Å². The zero-order chi connectivity index (χ0) is 14.8. The molecular weight excluding hydrogens is 275 g/mol. The second kappa shape index (κ2) is 5.28. The van der Waals surface area contributed by atoms with Gasteiger partial charge in [0.2, 0.25) is 0 Å². The van der Waals surface area contributed by atoms with Crippen LogP contribution < -0.4 is 5.32 Å². The SMILES string of the molecule is O=C(Nc1cccnc1)N1CCC(O)(C(F)(F)F)CC1. The van der Waals surface area contributed by atoms with Crippen LogP contribution in [0, 0.1) is 0 Å². The van der Waals surface area contributed by atoms with Gasteiger partial charge in [-0.25, -0.2) is 4.79 Å². The number of rotatable bonds is 1. The highest BCUT2D eigenvalue weighted by atomic mass is 19.4. The van der Waals surface area contributed by atoms with E-state index >= 15 is 0 Å². The van der Waals surface area contributed by atoms with Crippen molar-refractivity contribution in [2.24, 2.45) is 0 Å². The van der Waals surface area contributed by atoms with Crippen LogP contribution in [0.15, 0.2) is 24.5 Å². The smallest absolute Gasteiger partial charge is 0.380 e. The van der Waals surface area contributed by atoms with Crippen LogP contribution in [0.4, 0.5) is 23.7 Å². The summed E-state index contributed by atoms with van der Waals surface area (Å²) in [5, 5.41) is 12.0. The highest BCUT2D eigenvalue weighted by Crippen LogP contribution is 2.38. The number of aromatic nitrogens is 1. The molecule has 20 heavy (non-hydrogen) atoms. The number of nitrogens with one attached hydrogen (secondary N) is 1. The summed E-state index contributed by atoms with van der Waals surface area (Å²) >= 11 is 0. The second-order valence-corrected chi connectivity index (χ2v) is 4.69. The Hall–Kier alpha value is -1.83. The molecule has 1 aromatic heterocycles. The summed E-state index contributed by atoms with van der Waals surface area (Å²) in [4.78, 5) is 16.9. The molecule has 0 aromatic carbocycles. The van der Waals surface area contributed by atoms with Gasteiger partial charge >= 0.3 is 12.2 Å². The summed E-state index contributed by atoms with van der Waals surface area (Å²) in [5.74, 6) is 0. The van der Waals surface area contributed by atoms with E-state index in [0.29, 0.717) is 5.69 Å². The second-order valence-electron chi connectivity index (χ2n) is 4.69. The molecule has 110 valence electrons. The van der Waals surface area contributed by atoms with Crippen molar-refractivity contribution in [3.8, 4) is 0 Å². The van der Waals surface area contributed by atoms with E-state index in [0.717, 1.165) is 0 Å². The first-order valence-corrected chi connectivity index (χ1v) is 6.07. The standard InChI is InChI=1S/C12H14F3N3O2/c13-12(14,15)11(20)3-6-18(7-4-11)10(19)17-9-2-1-5-16-8-9/h1-2,5,8,20H,3-4,6-7H2,(H,17,19). The number of urea groups is 1. The molecule has 1 fully saturated rings. The first-order valence-electron chi connectivity index (χ1n) is 6.07. The van der Waals surface area contributed by atoms with Crippen molar-refractivity contribution in [1.82, 2.24) is 9.88 Å². The number of piperidine rings is 1. The summed E-state index contributed by atoms with van der Waals surface area (Å²) in [5.41, 5.74) is -2.23. The van der Waals surface area contributed by atoms with Gasteiger partial charge in [0.15, 0.2) is 5.60 Å². The minimum absolute atomic E-state index is 0.151. The summed E-state index contributed by atoms with van der Waals surface area (Å²) < 4.78 is 37.9. The number of pyridine rings is 1. The summed E-state index contributed by atoms with van der Waals surface area (Å²) in [6, 6.07) is 2.76. The number of hydrogen-bond donors (Lipinski definition) is 2. The van der Waals surface area contributed by atoms with Crippen molar-refractivity contribution in [2.75, 3.05) is 18.4 Å². The molecule has 0 saturated carbocycles. The van der Waals surface area contributed by atoms with Crippen molar-refractivity contribution in [3.05, 3.63) is 24.5 Å². The van der Waals surface area contributed by atoms with Crippen LogP contribution in [0.2, 0.25) is 0 Å². The molecule has 0 unspecified atom stereocenters. The van der Waals surface area contributed by atoms with Gasteiger partial charge < -0.3 is 15.3 Å². The topological polar surface area (TPSA) is 65.5 Å². The van der Waals surface area contributed by atoms with Crippen LogP contribution in [-0.2, 0) is 0 Å². The predicted molar refractivity (Wildman–Crippen MR) is 65.1 cm³/mol. The van der Waals surface area contributed by atoms with Crippen LogP contribution >= 0.6 is 0 Å². The lowest BCUT2D eigenvalue weighted by Gasteiger charge is -2.38. The molecular formula is C12H14F3N3O2. The summed E-state index contributed by atoms with van der Waals surface area (Å²) in [6.07, 6.45) is -2.72. The Kier molecular flexibility index (Phi) is 3.85. The number of carbonyl (C=O) groups excluding carboxylic acids is 1. The highest BCUT2D eigenvalue weighted by Gasteiger charge is 2.54. The van der Waals surface area contributed by atoms with Gasteiger partial charge in [0.1, 0.15) is 0 Å². The number of halogens is 3. The third-order valence-electron chi connectivity index (χ3n) is 3.32. The lowest BCUT2D eigenvalue weighted by Crippen LogP contribution is -2.55. The van der Waals surface area contributed by atoms with Gasteiger partial charge in [-0.3, -0.25) is 4.98 Å². The number of aliphatic hydroxyl groups is 1. The summed E-state index contributed by atoms with van der Waals surface area (Å²) in [6.45, 7) is -0.301. The van der Waals surface area contributed by atoms with Crippen LogP contribution in [-0.4, -0.2) is 45.9 Å². The van der Waals surface area contributed by atoms with Gasteiger partial charge in [-0.1, -0.05) is 0 Å². The number of amides is 2. The number of hydrogen-bond acceptors (Lipinski definition) is 3. The van der Waals surface area contributed by atoms with Crippen LogP contribution in [0.3, 0.4) is 0 Å². The van der Waals surface area contributed by atoms with E-state index in [4.69, 9.17) is 0 Å². The van der Waals surface area contributed by atoms with E-state index in [9.17, 15) is 23.1 Å². The van der Waals surface area contributed by atoms with E-state index in [1.807, 2.05) is 0 Å². The Labute approximate surface area is 113 Å². The fraction of sp³-hybridized carbons (Fsp3) is 0.500. The van der Waals surface area contributed by atoms with Crippen molar-refractivity contribution < 1.29 is 23.1 Å². The minimum Gasteiger partial charge on any atom is -0.380 e. The normalized spacial score (nSPS) is 18.7. The fourth-order valence-corrected chi connectivity index (χ4v) is 2.00. The lowest BCUT2D eigenvalue weighted by atomic mass is 9.91. The van der Waals surface area contributed by atoms with Crippen molar-refractivity contribution in [2.45, 2.75) is 24.6 Å². The van der Waals surface area contributed by atoms with Gasteiger partial charge in [0.25, 0.3) is 0 Å². The van der Waals surface area contributed by atoms with Crippen LogP contribution in [0.25, 0.3) is 0 Å². The van der Waals surface area contributed by atoms with Gasteiger partial charge in [-0.15, -0.1) is 0 Å². The van der Waals surface area contributed by atoms with E-state index < -0.39 is 30.7 Å². The fourth-order valence-electron chi connectivity index (χ4n) is 2.00. The maximum atomic E-state index is 12.6. The molecule has 1 aliphatic heterocycles. The summed E-state index contributed by atoms with van der Waals surface area (Å²) in [7, 11) is 0. The average molecular weight is 289 g/mol. The predicted octanol–water partition coefficient (Wildman–Crippen LogP) is 2.00. The molecule has 1 aromatic rings. The first kappa shape index (κ1) is 14.6. The molecule has 1 saturated heterocycles. The Morgan fingerprint density at radius 3 is 2.55 bits per heavy atom. The highest BCUT2D eigenvalue weighted by molar-refractivity contribution is 5.89. The average Bonchev–Trinajstić information content (AvgIpc) is 2.39. The van der Waals surface area contributed by atoms with E-state index in [1.54, 1.807) is 18.3 Å². The molecule has 0 radical (unpaired) electrons. The Bertz CT molecular complexity index is 471. The van der Waals surface area contributed by atoms with Gasteiger partial charge in [-0.2, -0.15) is 13.2 Å². The molecule has 2 amide bonds. The number of carbonyl (C=O) groups is 1. The van der Waals surface area contributed by atoms with Gasteiger partial charge in [0.05, 0.1) is 11.9 Å². The van der Waals surface area contributed by atoms with Crippen LogP contribution in [0.5, 0.6) is 0 Å². The Balaban J connectivity index is 1.93. The van der Waals surface area contributed by atoms with Crippen molar-refractivity contribution in [1.29, 1.82) is 0 Å². The van der Waals surface area contributed by atoms with E-state index in [1.165, 1.54) is 11.1 Å².